The van der Waals surface area contributed by atoms with Crippen LogP contribution in [0.5, 0.6) is 0 Å². The van der Waals surface area contributed by atoms with E-state index in [0.29, 0.717) is 13.1 Å². The number of hydrogen-bond donors (Lipinski definition) is 0. The van der Waals surface area contributed by atoms with Crippen LogP contribution in [0, 0.1) is 13.8 Å². The van der Waals surface area contributed by atoms with E-state index in [1.807, 2.05) is 26.0 Å². The maximum atomic E-state index is 12.2. The van der Waals surface area contributed by atoms with Gasteiger partial charge in [-0.15, -0.1) is 13.2 Å². The van der Waals surface area contributed by atoms with Gasteiger partial charge in [-0.2, -0.15) is 0 Å². The molecule has 1 saturated heterocycles. The molecule has 0 unspecified atom stereocenters. The van der Waals surface area contributed by atoms with Gasteiger partial charge in [0, 0.05) is 24.5 Å². The summed E-state index contributed by atoms with van der Waals surface area (Å²) >= 11 is 0. The second-order valence-electron chi connectivity index (χ2n) is 5.58. The predicted octanol–water partition coefficient (Wildman–Crippen LogP) is 2.77. The zero-order chi connectivity index (χ0) is 16.3. The quantitative estimate of drug-likeness (QED) is 0.861. The van der Waals surface area contributed by atoms with Crippen LogP contribution in [0.25, 0.3) is 0 Å². The Morgan fingerprint density at radius 1 is 1.27 bits per heavy atom. The molecule has 4 nitrogen and oxygen atoms in total. The number of hydrogen-bond acceptors (Lipinski definition) is 3. The fraction of sp³-hybridized carbons (Fsp3) is 0.600. The lowest BCUT2D eigenvalue weighted by Gasteiger charge is -2.32. The van der Waals surface area contributed by atoms with Gasteiger partial charge < -0.3 is 4.90 Å². The summed E-state index contributed by atoms with van der Waals surface area (Å²) in [6, 6.07) is 3.70. The number of rotatable bonds is 3. The van der Waals surface area contributed by atoms with Crippen molar-refractivity contribution < 1.29 is 22.7 Å². The first-order valence-electron chi connectivity index (χ1n) is 7.19. The summed E-state index contributed by atoms with van der Waals surface area (Å²) in [6.07, 6.45) is -4.80. The summed E-state index contributed by atoms with van der Waals surface area (Å²) < 4.78 is 40.5. The van der Waals surface area contributed by atoms with Crippen LogP contribution in [0.4, 0.5) is 13.2 Å². The van der Waals surface area contributed by atoms with Crippen molar-refractivity contribution >= 4 is 5.91 Å². The molecule has 122 valence electrons. The highest BCUT2D eigenvalue weighted by molar-refractivity contribution is 5.78. The van der Waals surface area contributed by atoms with Crippen molar-refractivity contribution in [2.75, 3.05) is 13.1 Å². The van der Waals surface area contributed by atoms with Gasteiger partial charge in [-0.1, -0.05) is 0 Å². The molecule has 0 saturated carbocycles. The van der Waals surface area contributed by atoms with E-state index in [0.717, 1.165) is 17.0 Å². The predicted molar refractivity (Wildman–Crippen MR) is 74.2 cm³/mol. The first kappa shape index (κ1) is 16.7. The number of aromatic nitrogens is 1. The van der Waals surface area contributed by atoms with E-state index in [9.17, 15) is 18.0 Å². The normalized spacial score (nSPS) is 16.9. The van der Waals surface area contributed by atoms with Crippen molar-refractivity contribution in [1.29, 1.82) is 0 Å². The van der Waals surface area contributed by atoms with Gasteiger partial charge in [0.2, 0.25) is 5.91 Å². The Balaban J connectivity index is 1.87. The molecule has 0 aliphatic carbocycles. The number of ether oxygens (including phenoxy) is 1. The highest BCUT2D eigenvalue weighted by Gasteiger charge is 2.35. The molecule has 0 N–H and O–H groups in total. The zero-order valence-corrected chi connectivity index (χ0v) is 12.6. The van der Waals surface area contributed by atoms with E-state index >= 15 is 0 Å². The summed E-state index contributed by atoms with van der Waals surface area (Å²) in [5.74, 6) is -0.0736. The van der Waals surface area contributed by atoms with Crippen LogP contribution in [-0.4, -0.2) is 41.3 Å². The summed E-state index contributed by atoms with van der Waals surface area (Å²) in [5.41, 5.74) is 2.57. The Labute approximate surface area is 127 Å². The average molecular weight is 316 g/mol. The van der Waals surface area contributed by atoms with Crippen LogP contribution in [-0.2, 0) is 16.0 Å². The van der Waals surface area contributed by atoms with E-state index < -0.39 is 12.5 Å². The first-order chi connectivity index (χ1) is 10.2. The van der Waals surface area contributed by atoms with E-state index in [2.05, 4.69) is 9.72 Å². The van der Waals surface area contributed by atoms with Gasteiger partial charge in [0.25, 0.3) is 0 Å². The first-order valence-corrected chi connectivity index (χ1v) is 7.19. The maximum absolute atomic E-state index is 12.2. The zero-order valence-electron chi connectivity index (χ0n) is 12.6. The summed E-state index contributed by atoms with van der Waals surface area (Å²) in [6.45, 7) is 4.31. The van der Waals surface area contributed by atoms with Gasteiger partial charge in [-0.25, -0.2) is 0 Å². The number of alkyl halides is 3. The van der Waals surface area contributed by atoms with Gasteiger partial charge in [-0.05, 0) is 44.4 Å². The molecule has 0 radical (unpaired) electrons. The lowest BCUT2D eigenvalue weighted by molar-refractivity contribution is -0.345. The largest absolute Gasteiger partial charge is 0.522 e. The topological polar surface area (TPSA) is 42.4 Å². The highest BCUT2D eigenvalue weighted by atomic mass is 19.4. The van der Waals surface area contributed by atoms with Crippen molar-refractivity contribution in [3.05, 3.63) is 29.1 Å². The number of pyridine rings is 1. The number of piperidine rings is 1. The Hall–Kier alpha value is -1.63. The molecule has 0 bridgehead atoms. The Morgan fingerprint density at radius 3 is 2.32 bits per heavy atom. The number of aryl methyl sites for hydroxylation is 2. The van der Waals surface area contributed by atoms with Gasteiger partial charge in [0.05, 0.1) is 12.5 Å². The minimum atomic E-state index is -4.61. The molecule has 2 rings (SSSR count). The standard InChI is InChI=1S/C15H19F3N2O2/c1-10-7-12(8-11(2)19-10)9-14(21)20-5-3-13(4-6-20)22-15(16,17)18/h7-8,13H,3-6,9H2,1-2H3. The molecule has 0 aromatic carbocycles. The van der Waals surface area contributed by atoms with Crippen LogP contribution >= 0.6 is 0 Å². The van der Waals surface area contributed by atoms with Gasteiger partial charge >= 0.3 is 6.36 Å². The second kappa shape index (κ2) is 6.64. The molecule has 22 heavy (non-hydrogen) atoms. The average Bonchev–Trinajstić information content (AvgIpc) is 2.36. The fourth-order valence-electron chi connectivity index (χ4n) is 2.72. The summed E-state index contributed by atoms with van der Waals surface area (Å²) in [7, 11) is 0. The second-order valence-corrected chi connectivity index (χ2v) is 5.58. The van der Waals surface area contributed by atoms with Crippen molar-refractivity contribution in [3.63, 3.8) is 0 Å². The molecule has 0 spiro atoms. The number of carbonyl (C=O) groups excluding carboxylic acids is 1. The van der Waals surface area contributed by atoms with Crippen LogP contribution < -0.4 is 0 Å². The van der Waals surface area contributed by atoms with Crippen LogP contribution in [0.15, 0.2) is 12.1 Å². The number of halogens is 3. The van der Waals surface area contributed by atoms with Gasteiger partial charge in [-0.3, -0.25) is 14.5 Å². The lowest BCUT2D eigenvalue weighted by Crippen LogP contribution is -2.42. The summed E-state index contributed by atoms with van der Waals surface area (Å²) in [5, 5.41) is 0. The molecule has 1 aromatic heterocycles. The Kier molecular flexibility index (Phi) is 5.05. The molecule has 1 amide bonds. The molecule has 1 aromatic rings. The third-order valence-corrected chi connectivity index (χ3v) is 3.59. The van der Waals surface area contributed by atoms with E-state index in [-0.39, 0.29) is 25.2 Å². The minimum absolute atomic E-state index is 0.0736. The van der Waals surface area contributed by atoms with Crippen LogP contribution in [0.1, 0.15) is 29.8 Å². The molecular formula is C15H19F3N2O2. The highest BCUT2D eigenvalue weighted by Crippen LogP contribution is 2.24. The third kappa shape index (κ3) is 4.98. The van der Waals surface area contributed by atoms with E-state index in [1.54, 1.807) is 4.90 Å². The number of nitrogens with zero attached hydrogens (tertiary/aromatic N) is 2. The van der Waals surface area contributed by atoms with Crippen molar-refractivity contribution in [2.45, 2.75) is 45.6 Å². The fourth-order valence-corrected chi connectivity index (χ4v) is 2.72. The molecule has 2 heterocycles. The SMILES string of the molecule is Cc1cc(CC(=O)N2CCC(OC(F)(F)F)CC2)cc(C)n1. The number of amides is 1. The number of carbonyl (C=O) groups is 1. The Morgan fingerprint density at radius 2 is 1.82 bits per heavy atom. The molecule has 1 aliphatic rings. The van der Waals surface area contributed by atoms with Gasteiger partial charge in [0.1, 0.15) is 0 Å². The Bertz CT molecular complexity index is 518. The van der Waals surface area contributed by atoms with Crippen LogP contribution in [0.2, 0.25) is 0 Å². The molecule has 1 aliphatic heterocycles. The van der Waals surface area contributed by atoms with Crippen molar-refractivity contribution in [1.82, 2.24) is 9.88 Å². The van der Waals surface area contributed by atoms with Crippen molar-refractivity contribution in [2.24, 2.45) is 0 Å². The van der Waals surface area contributed by atoms with E-state index in [4.69, 9.17) is 0 Å². The van der Waals surface area contributed by atoms with Crippen molar-refractivity contribution in [3.8, 4) is 0 Å². The third-order valence-electron chi connectivity index (χ3n) is 3.59. The molecular weight excluding hydrogens is 297 g/mol. The molecule has 0 atom stereocenters. The number of likely N-dealkylation sites (tertiary alicyclic amines) is 1. The minimum Gasteiger partial charge on any atom is -0.342 e. The monoisotopic (exact) mass is 316 g/mol. The lowest BCUT2D eigenvalue weighted by atomic mass is 10.1. The summed E-state index contributed by atoms with van der Waals surface area (Å²) in [4.78, 5) is 18.1. The molecule has 7 heteroatoms. The van der Waals surface area contributed by atoms with E-state index in [1.165, 1.54) is 0 Å². The smallest absolute Gasteiger partial charge is 0.342 e. The maximum Gasteiger partial charge on any atom is 0.522 e. The van der Waals surface area contributed by atoms with Gasteiger partial charge in [0.15, 0.2) is 0 Å². The molecule has 1 fully saturated rings. The van der Waals surface area contributed by atoms with Crippen LogP contribution in [0.3, 0.4) is 0 Å².